The number of anilines is 1. The molecule has 0 bridgehead atoms. The topological polar surface area (TPSA) is 110 Å². The zero-order chi connectivity index (χ0) is 28.4. The van der Waals surface area contributed by atoms with Gasteiger partial charge in [0.1, 0.15) is 0 Å². The van der Waals surface area contributed by atoms with Crippen LogP contribution in [0.25, 0.3) is 0 Å². The number of aryl methyl sites for hydroxylation is 1. The van der Waals surface area contributed by atoms with Crippen molar-refractivity contribution in [3.05, 3.63) is 77.4 Å². The lowest BCUT2D eigenvalue weighted by Crippen LogP contribution is -2.46. The van der Waals surface area contributed by atoms with Gasteiger partial charge in [0.15, 0.2) is 0 Å². The van der Waals surface area contributed by atoms with Gasteiger partial charge in [0.2, 0.25) is 5.91 Å². The lowest BCUT2D eigenvalue weighted by molar-refractivity contribution is -0.137. The van der Waals surface area contributed by atoms with Crippen molar-refractivity contribution in [1.82, 2.24) is 10.2 Å². The molecule has 2 aromatic rings. The first-order valence-corrected chi connectivity index (χ1v) is 12.7. The Balaban J connectivity index is 0.000000459. The van der Waals surface area contributed by atoms with Crippen molar-refractivity contribution in [2.75, 3.05) is 37.6 Å². The van der Waals surface area contributed by atoms with Crippen molar-refractivity contribution >= 4 is 23.5 Å². The predicted octanol–water partition coefficient (Wildman–Crippen LogP) is 4.12. The van der Waals surface area contributed by atoms with Gasteiger partial charge < -0.3 is 20.4 Å². The van der Waals surface area contributed by atoms with Gasteiger partial charge in [-0.25, -0.2) is 9.59 Å². The Kier molecular flexibility index (Phi) is 10.5. The summed E-state index contributed by atoms with van der Waals surface area (Å²) in [5, 5.41) is 18.6. The molecule has 2 aliphatic rings. The van der Waals surface area contributed by atoms with E-state index in [0.717, 1.165) is 58.1 Å². The lowest BCUT2D eigenvalue weighted by Gasteiger charge is -2.36. The number of carbonyl (C=O) groups is 3. The van der Waals surface area contributed by atoms with E-state index in [4.69, 9.17) is 10.2 Å². The van der Waals surface area contributed by atoms with Crippen molar-refractivity contribution < 1.29 is 37.8 Å². The number of nitrogens with zero attached hydrogens (tertiary/aromatic N) is 2. The van der Waals surface area contributed by atoms with Crippen molar-refractivity contribution in [3.63, 3.8) is 0 Å². The quantitative estimate of drug-likeness (QED) is 0.427. The number of hydrogen-bond donors (Lipinski definition) is 3. The standard InChI is InChI=1S/C24H28F3N3O.C4H4O4/c25-24(26,27)20-4-1-5-21(17-20)30-15-13-29(14-16-30)12-2-3-18-6-8-19(9-7-18)22-10-11-23(31)28-22;5-3(6)1-2-4(7)8/h1,4-9,17,22H,2-3,10-16H2,(H,28,31);1-2H,(H,5,6)(H,7,8)/b;2-1+. The van der Waals surface area contributed by atoms with Gasteiger partial charge in [-0.2, -0.15) is 13.2 Å². The first-order chi connectivity index (χ1) is 18.5. The number of carboxylic acids is 2. The Morgan fingerprint density at radius 1 is 0.974 bits per heavy atom. The van der Waals surface area contributed by atoms with E-state index in [-0.39, 0.29) is 11.9 Å². The second kappa shape index (κ2) is 13.8. The fraction of sp³-hybridized carbons (Fsp3) is 0.393. The lowest BCUT2D eigenvalue weighted by atomic mass is 10.0. The normalized spacial score (nSPS) is 18.0. The average molecular weight is 548 g/mol. The van der Waals surface area contributed by atoms with E-state index in [2.05, 4.69) is 34.5 Å². The van der Waals surface area contributed by atoms with Crippen molar-refractivity contribution in [2.24, 2.45) is 0 Å². The number of alkyl halides is 3. The summed E-state index contributed by atoms with van der Waals surface area (Å²) in [5.74, 6) is -2.39. The maximum atomic E-state index is 12.9. The third-order valence-electron chi connectivity index (χ3n) is 6.60. The number of amides is 1. The average Bonchev–Trinajstić information content (AvgIpc) is 3.34. The van der Waals surface area contributed by atoms with Gasteiger partial charge in [0.25, 0.3) is 0 Å². The molecule has 2 heterocycles. The van der Waals surface area contributed by atoms with E-state index in [1.165, 1.54) is 23.3 Å². The van der Waals surface area contributed by atoms with Crippen LogP contribution in [0, 0.1) is 0 Å². The molecular formula is C28H32F3N3O5. The number of carboxylic acid groups (broad SMARTS) is 2. The molecule has 8 nitrogen and oxygen atoms in total. The molecule has 2 aliphatic heterocycles. The molecule has 2 aromatic carbocycles. The Labute approximate surface area is 224 Å². The zero-order valence-electron chi connectivity index (χ0n) is 21.4. The molecule has 210 valence electrons. The number of halogens is 3. The van der Waals surface area contributed by atoms with Gasteiger partial charge in [-0.3, -0.25) is 9.69 Å². The highest BCUT2D eigenvalue weighted by Gasteiger charge is 2.31. The summed E-state index contributed by atoms with van der Waals surface area (Å²) < 4.78 is 38.8. The van der Waals surface area contributed by atoms with Crippen LogP contribution in [0.5, 0.6) is 0 Å². The first kappa shape index (κ1) is 29.7. The highest BCUT2D eigenvalue weighted by molar-refractivity contribution is 5.89. The van der Waals surface area contributed by atoms with Crippen LogP contribution in [-0.2, 0) is 27.0 Å². The van der Waals surface area contributed by atoms with Gasteiger partial charge >= 0.3 is 18.1 Å². The van der Waals surface area contributed by atoms with Crippen molar-refractivity contribution in [2.45, 2.75) is 37.9 Å². The Morgan fingerprint density at radius 2 is 1.62 bits per heavy atom. The summed E-state index contributed by atoms with van der Waals surface area (Å²) >= 11 is 0. The minimum atomic E-state index is -4.30. The predicted molar refractivity (Wildman–Crippen MR) is 139 cm³/mol. The molecule has 2 saturated heterocycles. The molecule has 0 aliphatic carbocycles. The maximum absolute atomic E-state index is 12.9. The van der Waals surface area contributed by atoms with E-state index in [9.17, 15) is 27.6 Å². The summed E-state index contributed by atoms with van der Waals surface area (Å²) in [5.41, 5.74) is 2.51. The smallest absolute Gasteiger partial charge is 0.416 e. The highest BCUT2D eigenvalue weighted by Crippen LogP contribution is 2.32. The molecule has 0 saturated carbocycles. The molecule has 4 rings (SSSR count). The number of benzene rings is 2. The summed E-state index contributed by atoms with van der Waals surface area (Å²) in [6.45, 7) is 4.18. The van der Waals surface area contributed by atoms with Crippen LogP contribution in [0.15, 0.2) is 60.7 Å². The SMILES string of the molecule is O=C(O)/C=C/C(=O)O.O=C1CCC(c2ccc(CCCN3CCN(c4cccc(C(F)(F)F)c4)CC3)cc2)N1. The molecule has 0 radical (unpaired) electrons. The molecule has 1 unspecified atom stereocenters. The Morgan fingerprint density at radius 3 is 2.15 bits per heavy atom. The minimum absolute atomic E-state index is 0.127. The molecule has 0 spiro atoms. The third kappa shape index (κ3) is 9.75. The third-order valence-corrected chi connectivity index (χ3v) is 6.60. The minimum Gasteiger partial charge on any atom is -0.478 e. The van der Waals surface area contributed by atoms with Gasteiger partial charge in [-0.15, -0.1) is 0 Å². The number of nitrogens with one attached hydrogen (secondary N) is 1. The summed E-state index contributed by atoms with van der Waals surface area (Å²) in [4.78, 5) is 34.9. The summed E-state index contributed by atoms with van der Waals surface area (Å²) in [7, 11) is 0. The number of piperazine rings is 1. The van der Waals surface area contributed by atoms with Crippen molar-refractivity contribution in [1.29, 1.82) is 0 Å². The van der Waals surface area contributed by atoms with E-state index < -0.39 is 23.7 Å². The highest BCUT2D eigenvalue weighted by atomic mass is 19.4. The fourth-order valence-corrected chi connectivity index (χ4v) is 4.54. The van der Waals surface area contributed by atoms with E-state index in [1.54, 1.807) is 6.07 Å². The molecule has 11 heteroatoms. The summed E-state index contributed by atoms with van der Waals surface area (Å²) in [6.07, 6.45) is 0.318. The number of rotatable bonds is 8. The largest absolute Gasteiger partial charge is 0.478 e. The molecule has 3 N–H and O–H groups in total. The van der Waals surface area contributed by atoms with Crippen LogP contribution >= 0.6 is 0 Å². The summed E-state index contributed by atoms with van der Waals surface area (Å²) in [6, 6.07) is 14.3. The number of aliphatic carboxylic acids is 2. The van der Waals surface area contributed by atoms with Crippen molar-refractivity contribution in [3.8, 4) is 0 Å². The molecule has 1 atom stereocenters. The fourth-order valence-electron chi connectivity index (χ4n) is 4.54. The maximum Gasteiger partial charge on any atom is 0.416 e. The Hall–Kier alpha value is -3.86. The number of carbonyl (C=O) groups excluding carboxylic acids is 1. The number of hydrogen-bond acceptors (Lipinski definition) is 5. The zero-order valence-corrected chi connectivity index (χ0v) is 21.4. The molecule has 2 fully saturated rings. The van der Waals surface area contributed by atoms with Crippen LogP contribution in [0.3, 0.4) is 0 Å². The van der Waals surface area contributed by atoms with Crippen LogP contribution < -0.4 is 10.2 Å². The molecule has 1 amide bonds. The monoisotopic (exact) mass is 547 g/mol. The first-order valence-electron chi connectivity index (χ1n) is 12.7. The van der Waals surface area contributed by atoms with E-state index >= 15 is 0 Å². The van der Waals surface area contributed by atoms with Gasteiger partial charge in [-0.05, 0) is 55.1 Å². The molecular weight excluding hydrogens is 515 g/mol. The molecule has 39 heavy (non-hydrogen) atoms. The second-order valence-electron chi connectivity index (χ2n) is 9.39. The van der Waals surface area contributed by atoms with E-state index in [0.29, 0.717) is 24.3 Å². The van der Waals surface area contributed by atoms with Crippen LogP contribution in [-0.4, -0.2) is 65.7 Å². The molecule has 0 aromatic heterocycles. The van der Waals surface area contributed by atoms with Crippen LogP contribution in [0.4, 0.5) is 18.9 Å². The van der Waals surface area contributed by atoms with Crippen LogP contribution in [0.2, 0.25) is 0 Å². The van der Waals surface area contributed by atoms with Crippen LogP contribution in [0.1, 0.15) is 42.0 Å². The Bertz CT molecular complexity index is 1140. The van der Waals surface area contributed by atoms with Gasteiger partial charge in [-0.1, -0.05) is 30.3 Å². The van der Waals surface area contributed by atoms with Gasteiger partial charge in [0, 0.05) is 50.4 Å². The van der Waals surface area contributed by atoms with E-state index in [1.807, 2.05) is 4.90 Å². The van der Waals surface area contributed by atoms with Gasteiger partial charge in [0.05, 0.1) is 11.6 Å². The second-order valence-corrected chi connectivity index (χ2v) is 9.39.